The van der Waals surface area contributed by atoms with E-state index in [1.807, 2.05) is 6.92 Å². The highest BCUT2D eigenvalue weighted by atomic mass is 16.7. The molecule has 2 rings (SSSR count). The van der Waals surface area contributed by atoms with Gasteiger partial charge in [-0.3, -0.25) is 4.79 Å². The van der Waals surface area contributed by atoms with Gasteiger partial charge in [0.05, 0.1) is 12.5 Å². The topological polar surface area (TPSA) is 65.0 Å². The number of rotatable bonds is 6. The minimum atomic E-state index is -1.32. The van der Waals surface area contributed by atoms with Crippen molar-refractivity contribution in [1.82, 2.24) is 0 Å². The van der Waals surface area contributed by atoms with E-state index in [0.29, 0.717) is 30.1 Å². The van der Waals surface area contributed by atoms with Gasteiger partial charge in [-0.25, -0.2) is 0 Å². The molecule has 2 unspecified atom stereocenters. The standard InChI is InChI=1S/C16H22O5/c1-4-6-12(15(17)19-5-2)16(3,18)11-7-8-13-14(9-11)21-10-20-13/h7-9,12,18H,4-6,10H2,1-3H3. The Kier molecular flexibility index (Phi) is 4.73. The zero-order chi connectivity index (χ0) is 15.5. The largest absolute Gasteiger partial charge is 0.466 e. The summed E-state index contributed by atoms with van der Waals surface area (Å²) in [6.45, 7) is 5.85. The number of hydrogen-bond acceptors (Lipinski definition) is 5. The number of fused-ring (bicyclic) bond motifs is 1. The first-order chi connectivity index (χ1) is 10.0. The summed E-state index contributed by atoms with van der Waals surface area (Å²) in [5.41, 5.74) is -0.693. The van der Waals surface area contributed by atoms with Gasteiger partial charge in [-0.05, 0) is 38.0 Å². The van der Waals surface area contributed by atoms with Crippen molar-refractivity contribution >= 4 is 5.97 Å². The highest BCUT2D eigenvalue weighted by Gasteiger charge is 2.40. The third-order valence-corrected chi connectivity index (χ3v) is 3.78. The number of hydrogen-bond donors (Lipinski definition) is 1. The molecule has 5 heteroatoms. The minimum absolute atomic E-state index is 0.178. The van der Waals surface area contributed by atoms with Gasteiger partial charge in [-0.15, -0.1) is 0 Å². The van der Waals surface area contributed by atoms with Crippen molar-refractivity contribution in [3.05, 3.63) is 23.8 Å². The second kappa shape index (κ2) is 6.35. The molecule has 0 radical (unpaired) electrons. The van der Waals surface area contributed by atoms with Crippen LogP contribution in [0.15, 0.2) is 18.2 Å². The Hall–Kier alpha value is -1.75. The van der Waals surface area contributed by atoms with Crippen LogP contribution in [0, 0.1) is 5.92 Å². The normalized spacial score (nSPS) is 17.1. The first kappa shape index (κ1) is 15.6. The number of esters is 1. The van der Waals surface area contributed by atoms with E-state index in [-0.39, 0.29) is 12.8 Å². The van der Waals surface area contributed by atoms with Crippen molar-refractivity contribution in [3.8, 4) is 11.5 Å². The van der Waals surface area contributed by atoms with Crippen molar-refractivity contribution in [2.45, 2.75) is 39.2 Å². The van der Waals surface area contributed by atoms with Crippen molar-refractivity contribution in [2.24, 2.45) is 5.92 Å². The van der Waals surface area contributed by atoms with Gasteiger partial charge in [0.25, 0.3) is 0 Å². The van der Waals surface area contributed by atoms with Crippen LogP contribution in [0.3, 0.4) is 0 Å². The second-order valence-corrected chi connectivity index (χ2v) is 5.31. The summed E-state index contributed by atoms with van der Waals surface area (Å²) in [7, 11) is 0. The van der Waals surface area contributed by atoms with Crippen LogP contribution in [0.1, 0.15) is 39.2 Å². The van der Waals surface area contributed by atoms with E-state index in [1.165, 1.54) is 0 Å². The lowest BCUT2D eigenvalue weighted by molar-refractivity contribution is -0.158. The first-order valence-corrected chi connectivity index (χ1v) is 7.29. The van der Waals surface area contributed by atoms with Gasteiger partial charge < -0.3 is 19.3 Å². The van der Waals surface area contributed by atoms with Crippen LogP contribution >= 0.6 is 0 Å². The molecule has 0 bridgehead atoms. The van der Waals surface area contributed by atoms with E-state index in [9.17, 15) is 9.90 Å². The lowest BCUT2D eigenvalue weighted by Crippen LogP contribution is -2.38. The maximum Gasteiger partial charge on any atom is 0.312 e. The molecule has 1 N–H and O–H groups in total. The van der Waals surface area contributed by atoms with Gasteiger partial charge >= 0.3 is 5.97 Å². The zero-order valence-corrected chi connectivity index (χ0v) is 12.7. The van der Waals surface area contributed by atoms with Crippen LogP contribution in [-0.4, -0.2) is 24.5 Å². The first-order valence-electron chi connectivity index (χ1n) is 7.29. The molecule has 116 valence electrons. The monoisotopic (exact) mass is 294 g/mol. The van der Waals surface area contributed by atoms with Crippen molar-refractivity contribution < 1.29 is 24.1 Å². The predicted molar refractivity (Wildman–Crippen MR) is 77.2 cm³/mol. The van der Waals surface area contributed by atoms with Crippen LogP contribution in [0.25, 0.3) is 0 Å². The minimum Gasteiger partial charge on any atom is -0.466 e. The Morgan fingerprint density at radius 1 is 1.38 bits per heavy atom. The fourth-order valence-electron chi connectivity index (χ4n) is 2.57. The van der Waals surface area contributed by atoms with E-state index < -0.39 is 11.5 Å². The Morgan fingerprint density at radius 3 is 2.76 bits per heavy atom. The van der Waals surface area contributed by atoms with E-state index >= 15 is 0 Å². The second-order valence-electron chi connectivity index (χ2n) is 5.31. The van der Waals surface area contributed by atoms with Crippen molar-refractivity contribution in [3.63, 3.8) is 0 Å². The Bertz CT molecular complexity index is 509. The van der Waals surface area contributed by atoms with Gasteiger partial charge in [0, 0.05) is 0 Å². The Balaban J connectivity index is 2.30. The average Bonchev–Trinajstić information content (AvgIpc) is 2.92. The molecule has 0 saturated heterocycles. The smallest absolute Gasteiger partial charge is 0.312 e. The van der Waals surface area contributed by atoms with E-state index in [1.54, 1.807) is 32.0 Å². The summed E-state index contributed by atoms with van der Waals surface area (Å²) < 4.78 is 15.7. The SMILES string of the molecule is CCCC(C(=O)OCC)C(C)(O)c1ccc2c(c1)OCO2. The maximum absolute atomic E-state index is 12.1. The molecule has 0 spiro atoms. The summed E-state index contributed by atoms with van der Waals surface area (Å²) >= 11 is 0. The molecule has 1 aliphatic rings. The Morgan fingerprint density at radius 2 is 2.10 bits per heavy atom. The van der Waals surface area contributed by atoms with Gasteiger partial charge in [0.1, 0.15) is 5.60 Å². The number of aliphatic hydroxyl groups is 1. The molecular formula is C16H22O5. The Labute approximate surface area is 124 Å². The third-order valence-electron chi connectivity index (χ3n) is 3.78. The molecule has 0 fully saturated rings. The van der Waals surface area contributed by atoms with Crippen molar-refractivity contribution in [2.75, 3.05) is 13.4 Å². The van der Waals surface area contributed by atoms with Gasteiger partial charge in [-0.2, -0.15) is 0 Å². The van der Waals surface area contributed by atoms with Crippen LogP contribution in [0.5, 0.6) is 11.5 Å². The maximum atomic E-state index is 12.1. The average molecular weight is 294 g/mol. The van der Waals surface area contributed by atoms with Crippen LogP contribution in [0.2, 0.25) is 0 Å². The summed E-state index contributed by atoms with van der Waals surface area (Å²) in [5.74, 6) is 0.259. The molecule has 1 aromatic carbocycles. The van der Waals surface area contributed by atoms with Crippen LogP contribution in [0.4, 0.5) is 0 Å². The summed E-state index contributed by atoms with van der Waals surface area (Å²) in [6.07, 6.45) is 1.34. The quantitative estimate of drug-likeness (QED) is 0.817. The lowest BCUT2D eigenvalue weighted by Gasteiger charge is -2.31. The summed E-state index contributed by atoms with van der Waals surface area (Å²) in [4.78, 5) is 12.1. The highest BCUT2D eigenvalue weighted by Crippen LogP contribution is 2.39. The third kappa shape index (κ3) is 3.13. The summed E-state index contributed by atoms with van der Waals surface area (Å²) in [5, 5.41) is 10.9. The molecule has 0 aliphatic carbocycles. The molecule has 5 nitrogen and oxygen atoms in total. The molecule has 1 aliphatic heterocycles. The van der Waals surface area contributed by atoms with Gasteiger partial charge in [-0.1, -0.05) is 19.4 Å². The van der Waals surface area contributed by atoms with Gasteiger partial charge in [0.2, 0.25) is 6.79 Å². The molecule has 1 aromatic rings. The number of benzene rings is 1. The molecule has 0 saturated carbocycles. The van der Waals surface area contributed by atoms with E-state index in [0.717, 1.165) is 6.42 Å². The number of carbonyl (C=O) groups excluding carboxylic acids is 1. The molecule has 2 atom stereocenters. The molecule has 0 amide bonds. The summed E-state index contributed by atoms with van der Waals surface area (Å²) in [6, 6.07) is 5.24. The lowest BCUT2D eigenvalue weighted by atomic mass is 9.80. The van der Waals surface area contributed by atoms with E-state index in [2.05, 4.69) is 0 Å². The molecule has 1 heterocycles. The fraction of sp³-hybridized carbons (Fsp3) is 0.562. The van der Waals surface area contributed by atoms with Crippen molar-refractivity contribution in [1.29, 1.82) is 0 Å². The molecular weight excluding hydrogens is 272 g/mol. The molecule has 0 aromatic heterocycles. The fourth-order valence-corrected chi connectivity index (χ4v) is 2.57. The zero-order valence-electron chi connectivity index (χ0n) is 12.7. The number of carbonyl (C=O) groups is 1. The van der Waals surface area contributed by atoms with Gasteiger partial charge in [0.15, 0.2) is 11.5 Å². The molecule has 21 heavy (non-hydrogen) atoms. The highest BCUT2D eigenvalue weighted by molar-refractivity contribution is 5.74. The van der Waals surface area contributed by atoms with Crippen LogP contribution < -0.4 is 9.47 Å². The van der Waals surface area contributed by atoms with E-state index in [4.69, 9.17) is 14.2 Å². The predicted octanol–water partition coefficient (Wildman–Crippen LogP) is 2.60. The number of ether oxygens (including phenoxy) is 3. The van der Waals surface area contributed by atoms with Crippen LogP contribution in [-0.2, 0) is 15.1 Å².